The minimum absolute atomic E-state index is 0.151. The van der Waals surface area contributed by atoms with Crippen molar-refractivity contribution in [1.82, 2.24) is 25.2 Å². The summed E-state index contributed by atoms with van der Waals surface area (Å²) in [4.78, 5) is 16.1. The Hall–Kier alpha value is -2.28. The largest absolute Gasteiger partial charge is 0.338 e. The van der Waals surface area contributed by atoms with Crippen LogP contribution >= 0.6 is 0 Å². The first-order valence-electron chi connectivity index (χ1n) is 7.88. The molecular weight excluding hydrogens is 297 g/mol. The van der Waals surface area contributed by atoms with Crippen LogP contribution in [-0.2, 0) is 0 Å². The van der Waals surface area contributed by atoms with E-state index in [1.165, 1.54) is 29.3 Å². The number of carbonyl (C=O) groups is 1. The molecule has 2 atom stereocenters. The van der Waals surface area contributed by atoms with Gasteiger partial charge in [-0.2, -0.15) is 15.0 Å². The number of halogens is 1. The molecule has 1 N–H and O–H groups in total. The highest BCUT2D eigenvalue weighted by Gasteiger charge is 2.35. The molecule has 0 spiro atoms. The Labute approximate surface area is 133 Å². The van der Waals surface area contributed by atoms with Crippen LogP contribution in [0.25, 0.3) is 5.69 Å². The number of likely N-dealkylation sites (tertiary alicyclic amines) is 1. The molecule has 2 aromatic rings. The molecule has 0 saturated carbocycles. The summed E-state index contributed by atoms with van der Waals surface area (Å²) in [6.07, 6.45) is 4.06. The van der Waals surface area contributed by atoms with Gasteiger partial charge < -0.3 is 10.2 Å². The third kappa shape index (κ3) is 2.61. The van der Waals surface area contributed by atoms with Crippen molar-refractivity contribution in [3.05, 3.63) is 42.0 Å². The van der Waals surface area contributed by atoms with Crippen LogP contribution < -0.4 is 5.32 Å². The summed E-state index contributed by atoms with van der Waals surface area (Å²) >= 11 is 0. The molecule has 0 unspecified atom stereocenters. The van der Waals surface area contributed by atoms with E-state index in [0.717, 1.165) is 26.1 Å². The predicted octanol–water partition coefficient (Wildman–Crippen LogP) is 1.09. The number of fused-ring (bicyclic) bond motifs is 1. The van der Waals surface area contributed by atoms with Gasteiger partial charge in [-0.3, -0.25) is 4.79 Å². The zero-order valence-corrected chi connectivity index (χ0v) is 12.7. The zero-order chi connectivity index (χ0) is 15.8. The number of nitrogens with zero attached hydrogens (tertiary/aromatic N) is 4. The van der Waals surface area contributed by atoms with Crippen LogP contribution in [0.15, 0.2) is 30.6 Å². The fourth-order valence-electron chi connectivity index (χ4n) is 3.58. The van der Waals surface area contributed by atoms with Gasteiger partial charge in [-0.25, -0.2) is 4.39 Å². The molecule has 6 nitrogen and oxygen atoms in total. The van der Waals surface area contributed by atoms with E-state index in [9.17, 15) is 9.18 Å². The summed E-state index contributed by atoms with van der Waals surface area (Å²) in [5, 5.41) is 11.5. The van der Waals surface area contributed by atoms with Crippen LogP contribution in [-0.4, -0.2) is 52.0 Å². The van der Waals surface area contributed by atoms with Gasteiger partial charge in [0.25, 0.3) is 5.91 Å². The number of hydrogen-bond acceptors (Lipinski definition) is 4. The van der Waals surface area contributed by atoms with Crippen LogP contribution in [0.1, 0.15) is 16.8 Å². The number of aromatic nitrogens is 3. The van der Waals surface area contributed by atoms with Crippen molar-refractivity contribution in [2.24, 2.45) is 11.8 Å². The SMILES string of the molecule is O=C(c1cc(F)ccc1-n1nccn1)N1CC[C@H]2CNC[C@H]2C1. The average molecular weight is 315 g/mol. The average Bonchev–Trinajstić information content (AvgIpc) is 3.24. The lowest BCUT2D eigenvalue weighted by Crippen LogP contribution is -2.43. The third-order valence-corrected chi connectivity index (χ3v) is 4.81. The van der Waals surface area contributed by atoms with Gasteiger partial charge in [-0.15, -0.1) is 0 Å². The molecule has 1 aromatic carbocycles. The molecule has 2 aliphatic rings. The minimum atomic E-state index is -0.429. The minimum Gasteiger partial charge on any atom is -0.338 e. The lowest BCUT2D eigenvalue weighted by atomic mass is 9.88. The summed E-state index contributed by atoms with van der Waals surface area (Å²) in [6, 6.07) is 4.15. The second kappa shape index (κ2) is 5.73. The van der Waals surface area contributed by atoms with Crippen molar-refractivity contribution in [2.45, 2.75) is 6.42 Å². The number of nitrogens with one attached hydrogen (secondary N) is 1. The maximum Gasteiger partial charge on any atom is 0.256 e. The van der Waals surface area contributed by atoms with Crippen LogP contribution in [0.3, 0.4) is 0 Å². The first-order valence-corrected chi connectivity index (χ1v) is 7.88. The standard InChI is InChI=1S/C16H18FN5O/c17-13-1-2-15(22-19-4-5-20-22)14(7-13)16(23)21-6-3-11-8-18-9-12(11)10-21/h1-2,4-5,7,11-12,18H,3,6,8-10H2/t11-,12-/m0/s1. The number of carbonyl (C=O) groups excluding carboxylic acids is 1. The van der Waals surface area contributed by atoms with E-state index < -0.39 is 5.82 Å². The Morgan fingerprint density at radius 2 is 2.00 bits per heavy atom. The molecule has 2 saturated heterocycles. The molecule has 0 aliphatic carbocycles. The fraction of sp³-hybridized carbons (Fsp3) is 0.438. The van der Waals surface area contributed by atoms with Gasteiger partial charge in [0.2, 0.25) is 0 Å². The Morgan fingerprint density at radius 3 is 2.83 bits per heavy atom. The number of piperidine rings is 1. The molecule has 3 heterocycles. The Bertz CT molecular complexity index is 717. The predicted molar refractivity (Wildman–Crippen MR) is 81.7 cm³/mol. The second-order valence-corrected chi connectivity index (χ2v) is 6.20. The maximum atomic E-state index is 13.7. The number of benzene rings is 1. The van der Waals surface area contributed by atoms with Gasteiger partial charge in [0, 0.05) is 13.1 Å². The molecule has 4 rings (SSSR count). The number of hydrogen-bond donors (Lipinski definition) is 1. The lowest BCUT2D eigenvalue weighted by molar-refractivity contribution is 0.0641. The molecule has 120 valence electrons. The molecule has 1 aromatic heterocycles. The van der Waals surface area contributed by atoms with Gasteiger partial charge in [-0.1, -0.05) is 0 Å². The fourth-order valence-corrected chi connectivity index (χ4v) is 3.58. The Morgan fingerprint density at radius 1 is 1.22 bits per heavy atom. The van der Waals surface area contributed by atoms with Crippen molar-refractivity contribution < 1.29 is 9.18 Å². The highest BCUT2D eigenvalue weighted by molar-refractivity contribution is 5.97. The van der Waals surface area contributed by atoms with Crippen molar-refractivity contribution in [3.63, 3.8) is 0 Å². The molecule has 1 amide bonds. The summed E-state index contributed by atoms with van der Waals surface area (Å²) in [7, 11) is 0. The van der Waals surface area contributed by atoms with Gasteiger partial charge >= 0.3 is 0 Å². The van der Waals surface area contributed by atoms with E-state index >= 15 is 0 Å². The molecule has 23 heavy (non-hydrogen) atoms. The molecule has 0 bridgehead atoms. The highest BCUT2D eigenvalue weighted by Crippen LogP contribution is 2.28. The summed E-state index contributed by atoms with van der Waals surface area (Å²) in [6.45, 7) is 3.42. The summed E-state index contributed by atoms with van der Waals surface area (Å²) < 4.78 is 13.7. The lowest BCUT2D eigenvalue weighted by Gasteiger charge is -2.34. The van der Waals surface area contributed by atoms with E-state index in [4.69, 9.17) is 0 Å². The maximum absolute atomic E-state index is 13.7. The van der Waals surface area contributed by atoms with Crippen molar-refractivity contribution in [2.75, 3.05) is 26.2 Å². The third-order valence-electron chi connectivity index (χ3n) is 4.81. The first-order chi connectivity index (χ1) is 11.2. The van der Waals surface area contributed by atoms with E-state index in [1.54, 1.807) is 6.07 Å². The molecular formula is C16H18FN5O. The molecule has 7 heteroatoms. The topological polar surface area (TPSA) is 63.1 Å². The van der Waals surface area contributed by atoms with E-state index in [-0.39, 0.29) is 5.91 Å². The summed E-state index contributed by atoms with van der Waals surface area (Å²) in [5.41, 5.74) is 0.818. The summed E-state index contributed by atoms with van der Waals surface area (Å²) in [5.74, 6) is 0.565. The van der Waals surface area contributed by atoms with E-state index in [0.29, 0.717) is 29.6 Å². The van der Waals surface area contributed by atoms with Gasteiger partial charge in [0.1, 0.15) is 5.82 Å². The van der Waals surface area contributed by atoms with Crippen LogP contribution in [0.5, 0.6) is 0 Å². The second-order valence-electron chi connectivity index (χ2n) is 6.20. The highest BCUT2D eigenvalue weighted by atomic mass is 19.1. The van der Waals surface area contributed by atoms with Gasteiger partial charge in [0.15, 0.2) is 0 Å². The number of rotatable bonds is 2. The van der Waals surface area contributed by atoms with Crippen molar-refractivity contribution in [1.29, 1.82) is 0 Å². The Kier molecular flexibility index (Phi) is 3.57. The first kappa shape index (κ1) is 14.3. The normalized spacial score (nSPS) is 23.8. The monoisotopic (exact) mass is 315 g/mol. The zero-order valence-electron chi connectivity index (χ0n) is 12.7. The van der Waals surface area contributed by atoms with Gasteiger partial charge in [-0.05, 0) is 49.5 Å². The smallest absolute Gasteiger partial charge is 0.256 e. The van der Waals surface area contributed by atoms with Crippen molar-refractivity contribution in [3.8, 4) is 5.69 Å². The molecule has 2 aliphatic heterocycles. The van der Waals surface area contributed by atoms with Crippen LogP contribution in [0.2, 0.25) is 0 Å². The Balaban J connectivity index is 1.64. The molecule has 0 radical (unpaired) electrons. The van der Waals surface area contributed by atoms with Crippen LogP contribution in [0, 0.1) is 17.7 Å². The van der Waals surface area contributed by atoms with E-state index in [2.05, 4.69) is 15.5 Å². The molecule has 2 fully saturated rings. The van der Waals surface area contributed by atoms with E-state index in [1.807, 2.05) is 4.90 Å². The number of amides is 1. The quantitative estimate of drug-likeness (QED) is 0.901. The van der Waals surface area contributed by atoms with Crippen LogP contribution in [0.4, 0.5) is 4.39 Å². The van der Waals surface area contributed by atoms with Gasteiger partial charge in [0.05, 0.1) is 23.6 Å². The van der Waals surface area contributed by atoms with Crippen molar-refractivity contribution >= 4 is 5.91 Å².